The van der Waals surface area contributed by atoms with Crippen LogP contribution in [0.3, 0.4) is 0 Å². The van der Waals surface area contributed by atoms with Crippen molar-refractivity contribution >= 4 is 41.4 Å². The molecule has 0 saturated heterocycles. The molecule has 1 aromatic heterocycles. The Morgan fingerprint density at radius 1 is 1.00 bits per heavy atom. The SMILES string of the molecule is CC[C@H](NS(=O)(=O)c1ccc2c(c1)sc(=O)n2C(C)C)c1ccc(S(C)(=O)=O)cc1. The number of fused-ring (bicyclic) bond motifs is 1. The van der Waals surface area contributed by atoms with Crippen LogP contribution in [-0.2, 0) is 19.9 Å². The zero-order chi connectivity index (χ0) is 22.3. The first kappa shape index (κ1) is 22.7. The molecule has 1 N–H and O–H groups in total. The highest BCUT2D eigenvalue weighted by atomic mass is 32.2. The Morgan fingerprint density at radius 2 is 1.60 bits per heavy atom. The number of hydrogen-bond acceptors (Lipinski definition) is 6. The average Bonchev–Trinajstić information content (AvgIpc) is 3.00. The summed E-state index contributed by atoms with van der Waals surface area (Å²) in [6, 6.07) is 10.3. The molecule has 1 heterocycles. The Balaban J connectivity index is 1.93. The normalized spacial score (nSPS) is 13.8. The summed E-state index contributed by atoms with van der Waals surface area (Å²) in [6.07, 6.45) is 1.61. The molecule has 0 aliphatic heterocycles. The molecule has 0 aliphatic carbocycles. The Labute approximate surface area is 180 Å². The monoisotopic (exact) mass is 468 g/mol. The molecule has 0 spiro atoms. The molecule has 30 heavy (non-hydrogen) atoms. The van der Waals surface area contributed by atoms with Gasteiger partial charge in [0, 0.05) is 18.3 Å². The first-order chi connectivity index (χ1) is 13.9. The van der Waals surface area contributed by atoms with E-state index in [0.29, 0.717) is 22.2 Å². The molecule has 162 valence electrons. The molecule has 7 nitrogen and oxygen atoms in total. The summed E-state index contributed by atoms with van der Waals surface area (Å²) >= 11 is 1.02. The highest BCUT2D eigenvalue weighted by Gasteiger charge is 2.22. The molecule has 0 fully saturated rings. The quantitative estimate of drug-likeness (QED) is 0.572. The predicted molar refractivity (Wildman–Crippen MR) is 119 cm³/mol. The fraction of sp³-hybridized carbons (Fsp3) is 0.350. The van der Waals surface area contributed by atoms with Crippen LogP contribution in [0, 0.1) is 0 Å². The molecule has 1 atom stereocenters. The third-order valence-electron chi connectivity index (χ3n) is 4.83. The number of sulfonamides is 1. The van der Waals surface area contributed by atoms with Crippen LogP contribution in [-0.4, -0.2) is 27.7 Å². The molecule has 0 amide bonds. The Morgan fingerprint density at radius 3 is 2.13 bits per heavy atom. The summed E-state index contributed by atoms with van der Waals surface area (Å²) in [7, 11) is -7.17. The molecule has 0 radical (unpaired) electrons. The lowest BCUT2D eigenvalue weighted by atomic mass is 10.1. The van der Waals surface area contributed by atoms with E-state index in [4.69, 9.17) is 0 Å². The van der Waals surface area contributed by atoms with Crippen molar-refractivity contribution in [3.8, 4) is 0 Å². The van der Waals surface area contributed by atoms with Crippen LogP contribution >= 0.6 is 11.3 Å². The van der Waals surface area contributed by atoms with Crippen LogP contribution in [0.2, 0.25) is 0 Å². The third kappa shape index (κ3) is 4.51. The first-order valence-electron chi connectivity index (χ1n) is 9.41. The van der Waals surface area contributed by atoms with Crippen molar-refractivity contribution in [1.82, 2.24) is 9.29 Å². The molecule has 0 saturated carbocycles. The largest absolute Gasteiger partial charge is 0.308 e. The number of nitrogens with one attached hydrogen (secondary N) is 1. The van der Waals surface area contributed by atoms with Gasteiger partial charge in [0.2, 0.25) is 10.0 Å². The minimum Gasteiger partial charge on any atom is -0.296 e. The number of hydrogen-bond donors (Lipinski definition) is 1. The number of rotatable bonds is 7. The number of nitrogens with zero attached hydrogens (tertiary/aromatic N) is 1. The van der Waals surface area contributed by atoms with Crippen molar-refractivity contribution in [2.75, 3.05) is 6.26 Å². The highest BCUT2D eigenvalue weighted by molar-refractivity contribution is 7.90. The molecule has 0 aliphatic rings. The van der Waals surface area contributed by atoms with Crippen molar-refractivity contribution < 1.29 is 16.8 Å². The Kier molecular flexibility index (Phi) is 6.24. The molecule has 10 heteroatoms. The lowest BCUT2D eigenvalue weighted by Gasteiger charge is -2.18. The van der Waals surface area contributed by atoms with E-state index in [2.05, 4.69) is 4.72 Å². The molecule has 2 aromatic carbocycles. The van der Waals surface area contributed by atoms with E-state index >= 15 is 0 Å². The van der Waals surface area contributed by atoms with Crippen molar-refractivity contribution in [2.24, 2.45) is 0 Å². The summed E-state index contributed by atoms with van der Waals surface area (Å²) in [6.45, 7) is 5.65. The fourth-order valence-corrected chi connectivity index (χ4v) is 6.35. The van der Waals surface area contributed by atoms with Gasteiger partial charge in [-0.2, -0.15) is 0 Å². The van der Waals surface area contributed by atoms with E-state index in [-0.39, 0.29) is 20.7 Å². The summed E-state index contributed by atoms with van der Waals surface area (Å²) in [5.41, 5.74) is 1.38. The van der Waals surface area contributed by atoms with Gasteiger partial charge in [0.15, 0.2) is 9.84 Å². The van der Waals surface area contributed by atoms with Gasteiger partial charge in [-0.3, -0.25) is 9.36 Å². The number of sulfone groups is 1. The average molecular weight is 469 g/mol. The van der Waals surface area contributed by atoms with Crippen LogP contribution in [0.15, 0.2) is 57.1 Å². The molecule has 3 rings (SSSR count). The molecule has 3 aromatic rings. The van der Waals surface area contributed by atoms with Crippen LogP contribution in [0.5, 0.6) is 0 Å². The zero-order valence-electron chi connectivity index (χ0n) is 17.1. The Bertz CT molecular complexity index is 1340. The van der Waals surface area contributed by atoms with Gasteiger partial charge in [0.1, 0.15) is 0 Å². The van der Waals surface area contributed by atoms with Crippen molar-refractivity contribution in [3.63, 3.8) is 0 Å². The van der Waals surface area contributed by atoms with Gasteiger partial charge in [-0.1, -0.05) is 30.4 Å². The topological polar surface area (TPSA) is 102 Å². The fourth-order valence-electron chi connectivity index (χ4n) is 3.26. The van der Waals surface area contributed by atoms with Gasteiger partial charge in [0.05, 0.1) is 20.0 Å². The van der Waals surface area contributed by atoms with Gasteiger partial charge in [-0.25, -0.2) is 21.6 Å². The van der Waals surface area contributed by atoms with Gasteiger partial charge >= 0.3 is 4.87 Å². The van der Waals surface area contributed by atoms with E-state index in [1.165, 1.54) is 24.3 Å². The van der Waals surface area contributed by atoms with Crippen LogP contribution in [0.4, 0.5) is 0 Å². The molecule has 0 bridgehead atoms. The highest BCUT2D eigenvalue weighted by Crippen LogP contribution is 2.26. The summed E-state index contributed by atoms with van der Waals surface area (Å²) in [5.74, 6) is 0. The minimum atomic E-state index is -3.85. The maximum absolute atomic E-state index is 13.0. The number of benzene rings is 2. The minimum absolute atomic E-state index is 0.0220. The van der Waals surface area contributed by atoms with E-state index in [1.807, 2.05) is 20.8 Å². The maximum Gasteiger partial charge on any atom is 0.308 e. The summed E-state index contributed by atoms with van der Waals surface area (Å²) in [5, 5.41) is 0. The van der Waals surface area contributed by atoms with E-state index in [9.17, 15) is 21.6 Å². The van der Waals surface area contributed by atoms with Gasteiger partial charge in [-0.15, -0.1) is 0 Å². The van der Waals surface area contributed by atoms with Crippen LogP contribution < -0.4 is 9.60 Å². The zero-order valence-corrected chi connectivity index (χ0v) is 19.6. The molecule has 0 unspecified atom stereocenters. The number of aromatic nitrogens is 1. The summed E-state index contributed by atoms with van der Waals surface area (Å²) in [4.78, 5) is 12.4. The van der Waals surface area contributed by atoms with Crippen LogP contribution in [0.1, 0.15) is 44.8 Å². The van der Waals surface area contributed by atoms with Crippen molar-refractivity contribution in [3.05, 3.63) is 57.7 Å². The second kappa shape index (κ2) is 8.26. The predicted octanol–water partition coefficient (Wildman–Crippen LogP) is 3.48. The second-order valence-electron chi connectivity index (χ2n) is 7.38. The van der Waals surface area contributed by atoms with E-state index in [0.717, 1.165) is 17.6 Å². The molecular formula is C20H24N2O5S3. The second-order valence-corrected chi connectivity index (χ2v) is 12.1. The van der Waals surface area contributed by atoms with Crippen molar-refractivity contribution in [2.45, 2.75) is 49.1 Å². The van der Waals surface area contributed by atoms with Gasteiger partial charge < -0.3 is 0 Å². The lowest BCUT2D eigenvalue weighted by Crippen LogP contribution is -2.28. The van der Waals surface area contributed by atoms with Gasteiger partial charge in [0.25, 0.3) is 0 Å². The Hall–Kier alpha value is -2.01. The third-order valence-corrected chi connectivity index (χ3v) is 8.34. The van der Waals surface area contributed by atoms with E-state index in [1.54, 1.807) is 22.8 Å². The lowest BCUT2D eigenvalue weighted by molar-refractivity contribution is 0.550. The van der Waals surface area contributed by atoms with Crippen LogP contribution in [0.25, 0.3) is 10.2 Å². The summed E-state index contributed by atoms with van der Waals surface area (Å²) < 4.78 is 54.2. The number of thiazole rings is 1. The maximum atomic E-state index is 13.0. The smallest absolute Gasteiger partial charge is 0.296 e. The van der Waals surface area contributed by atoms with Crippen molar-refractivity contribution in [1.29, 1.82) is 0 Å². The molecular weight excluding hydrogens is 444 g/mol. The van der Waals surface area contributed by atoms with E-state index < -0.39 is 25.9 Å². The first-order valence-corrected chi connectivity index (χ1v) is 13.6. The van der Waals surface area contributed by atoms with Gasteiger partial charge in [-0.05, 0) is 56.2 Å². The standard InChI is InChI=1S/C20H24N2O5S3/c1-5-17(14-6-8-15(9-7-14)29(4,24)25)21-30(26,27)16-10-11-18-19(12-16)28-20(23)22(18)13(2)3/h6-13,17,21H,5H2,1-4H3/t17-/m0/s1.